The Labute approximate surface area is 217 Å². The molecular formula is C31H44N2O3. The van der Waals surface area contributed by atoms with Crippen LogP contribution in [0.3, 0.4) is 0 Å². The number of benzene rings is 2. The van der Waals surface area contributed by atoms with Gasteiger partial charge in [-0.25, -0.2) is 0 Å². The quantitative estimate of drug-likeness (QED) is 0.456. The van der Waals surface area contributed by atoms with E-state index in [2.05, 4.69) is 56.1 Å². The zero-order chi connectivity index (χ0) is 25.5. The van der Waals surface area contributed by atoms with Gasteiger partial charge in [0.25, 0.3) is 5.91 Å². The molecule has 1 amide bonds. The Morgan fingerprint density at radius 2 is 1.92 bits per heavy atom. The average molecular weight is 493 g/mol. The van der Waals surface area contributed by atoms with E-state index in [-0.39, 0.29) is 18.1 Å². The minimum Gasteiger partial charge on any atom is -0.491 e. The van der Waals surface area contributed by atoms with Crippen LogP contribution in [0.1, 0.15) is 80.4 Å². The number of carbonyl (C=O) groups is 1. The molecule has 2 aromatic carbocycles. The Hall–Kier alpha value is -2.37. The molecule has 0 unspecified atom stereocenters. The van der Waals surface area contributed by atoms with Gasteiger partial charge in [0.15, 0.2) is 0 Å². The van der Waals surface area contributed by atoms with Crippen LogP contribution in [0.5, 0.6) is 5.75 Å². The summed E-state index contributed by atoms with van der Waals surface area (Å²) in [5.74, 6) is 0.771. The van der Waals surface area contributed by atoms with Crippen molar-refractivity contribution in [2.45, 2.75) is 84.9 Å². The van der Waals surface area contributed by atoms with Crippen molar-refractivity contribution in [3.63, 3.8) is 0 Å². The number of nitrogens with one attached hydrogen (secondary N) is 1. The van der Waals surface area contributed by atoms with Gasteiger partial charge in [0, 0.05) is 31.3 Å². The first-order valence-corrected chi connectivity index (χ1v) is 13.8. The lowest BCUT2D eigenvalue weighted by Crippen LogP contribution is -2.39. The molecular weight excluding hydrogens is 448 g/mol. The highest BCUT2D eigenvalue weighted by molar-refractivity contribution is 5.94. The Morgan fingerprint density at radius 1 is 1.11 bits per heavy atom. The molecule has 2 atom stereocenters. The third-order valence-electron chi connectivity index (χ3n) is 7.05. The molecule has 1 heterocycles. The predicted octanol–water partition coefficient (Wildman–Crippen LogP) is 5.79. The zero-order valence-electron chi connectivity index (χ0n) is 22.6. The summed E-state index contributed by atoms with van der Waals surface area (Å²) in [6, 6.07) is 14.6. The fourth-order valence-corrected chi connectivity index (χ4v) is 5.43. The van der Waals surface area contributed by atoms with Crippen LogP contribution in [0, 0.1) is 5.41 Å². The summed E-state index contributed by atoms with van der Waals surface area (Å²) < 4.78 is 11.4. The lowest BCUT2D eigenvalue weighted by molar-refractivity contribution is 0.0679. The van der Waals surface area contributed by atoms with E-state index in [0.717, 1.165) is 64.1 Å². The van der Waals surface area contributed by atoms with Gasteiger partial charge in [0.1, 0.15) is 12.4 Å². The minimum atomic E-state index is -0.0110. The number of aryl methyl sites for hydroxylation is 1. The normalized spacial score (nSPS) is 19.8. The standard InChI is InChI=1S/C31H44N2O3/c1-5-16-33(22-31(2,3)4)20-23-8-9-26-19-27(13-10-25(26)18-23)32-30(34)24-11-14-28(15-12-24)36-21-29-7-6-17-35-29/h8-9,11-12,14-15,18,27,29H,5-7,10,13,16-17,19-22H2,1-4H3,(H,32,34)/t27-,29-/m0/s1. The topological polar surface area (TPSA) is 50.8 Å². The van der Waals surface area contributed by atoms with Crippen LogP contribution >= 0.6 is 0 Å². The van der Waals surface area contributed by atoms with Gasteiger partial charge in [-0.15, -0.1) is 0 Å². The second-order valence-electron chi connectivity index (χ2n) is 11.8. The van der Waals surface area contributed by atoms with Gasteiger partial charge in [-0.3, -0.25) is 9.69 Å². The highest BCUT2D eigenvalue weighted by atomic mass is 16.5. The van der Waals surface area contributed by atoms with Gasteiger partial charge in [-0.1, -0.05) is 45.9 Å². The predicted molar refractivity (Wildman–Crippen MR) is 146 cm³/mol. The van der Waals surface area contributed by atoms with Crippen LogP contribution < -0.4 is 10.1 Å². The van der Waals surface area contributed by atoms with E-state index in [0.29, 0.717) is 17.6 Å². The summed E-state index contributed by atoms with van der Waals surface area (Å²) in [5.41, 5.74) is 5.18. The highest BCUT2D eigenvalue weighted by Crippen LogP contribution is 2.25. The fourth-order valence-electron chi connectivity index (χ4n) is 5.43. The number of rotatable bonds is 10. The summed E-state index contributed by atoms with van der Waals surface area (Å²) in [6.45, 7) is 13.8. The van der Waals surface area contributed by atoms with Gasteiger partial charge in [-0.05, 0) is 91.4 Å². The molecule has 1 aliphatic carbocycles. The van der Waals surface area contributed by atoms with Gasteiger partial charge >= 0.3 is 0 Å². The van der Waals surface area contributed by atoms with Crippen LogP contribution in [-0.2, 0) is 24.1 Å². The molecule has 36 heavy (non-hydrogen) atoms. The summed E-state index contributed by atoms with van der Waals surface area (Å²) >= 11 is 0. The van der Waals surface area contributed by atoms with E-state index in [1.807, 2.05) is 24.3 Å². The third kappa shape index (κ3) is 7.81. The minimum absolute atomic E-state index is 0.0110. The van der Waals surface area contributed by atoms with E-state index in [1.165, 1.54) is 23.1 Å². The number of hydrogen-bond acceptors (Lipinski definition) is 4. The van der Waals surface area contributed by atoms with Crippen LogP contribution in [-0.4, -0.2) is 49.3 Å². The van der Waals surface area contributed by atoms with Gasteiger partial charge < -0.3 is 14.8 Å². The van der Waals surface area contributed by atoms with Crippen molar-refractivity contribution in [2.24, 2.45) is 5.41 Å². The lowest BCUT2D eigenvalue weighted by atomic mass is 9.87. The van der Waals surface area contributed by atoms with Crippen molar-refractivity contribution in [1.82, 2.24) is 10.2 Å². The lowest BCUT2D eigenvalue weighted by Gasteiger charge is -2.30. The molecule has 2 aliphatic rings. The Bertz CT molecular complexity index is 990. The molecule has 0 aromatic heterocycles. The molecule has 5 nitrogen and oxygen atoms in total. The smallest absolute Gasteiger partial charge is 0.251 e. The first-order valence-electron chi connectivity index (χ1n) is 13.8. The van der Waals surface area contributed by atoms with E-state index < -0.39 is 0 Å². The summed E-state index contributed by atoms with van der Waals surface area (Å²) in [7, 11) is 0. The zero-order valence-corrected chi connectivity index (χ0v) is 22.6. The van der Waals surface area contributed by atoms with Crippen molar-refractivity contribution in [3.05, 3.63) is 64.7 Å². The molecule has 2 aromatic rings. The van der Waals surface area contributed by atoms with Crippen LogP contribution in [0.15, 0.2) is 42.5 Å². The number of hydrogen-bond donors (Lipinski definition) is 1. The van der Waals surface area contributed by atoms with E-state index >= 15 is 0 Å². The van der Waals surface area contributed by atoms with Crippen molar-refractivity contribution in [2.75, 3.05) is 26.3 Å². The molecule has 0 radical (unpaired) electrons. The highest BCUT2D eigenvalue weighted by Gasteiger charge is 2.22. The third-order valence-corrected chi connectivity index (χ3v) is 7.05. The second kappa shape index (κ2) is 12.2. The van der Waals surface area contributed by atoms with Crippen molar-refractivity contribution in [1.29, 1.82) is 0 Å². The molecule has 1 N–H and O–H groups in total. The molecule has 0 spiro atoms. The molecule has 1 fully saturated rings. The Kier molecular flexibility index (Phi) is 9.08. The monoisotopic (exact) mass is 492 g/mol. The number of fused-ring (bicyclic) bond motifs is 1. The molecule has 5 heteroatoms. The molecule has 0 bridgehead atoms. The first kappa shape index (κ1) is 26.7. The van der Waals surface area contributed by atoms with Crippen molar-refractivity contribution < 1.29 is 14.3 Å². The van der Waals surface area contributed by atoms with Crippen LogP contribution in [0.2, 0.25) is 0 Å². The summed E-state index contributed by atoms with van der Waals surface area (Å²) in [4.78, 5) is 15.5. The molecule has 0 saturated carbocycles. The average Bonchev–Trinajstić information content (AvgIpc) is 3.36. The van der Waals surface area contributed by atoms with Crippen molar-refractivity contribution >= 4 is 5.91 Å². The summed E-state index contributed by atoms with van der Waals surface area (Å²) in [5, 5.41) is 3.25. The maximum absolute atomic E-state index is 12.9. The van der Waals surface area contributed by atoms with Crippen LogP contribution in [0.25, 0.3) is 0 Å². The second-order valence-corrected chi connectivity index (χ2v) is 11.8. The van der Waals surface area contributed by atoms with E-state index in [9.17, 15) is 4.79 Å². The number of carbonyl (C=O) groups excluding carboxylic acids is 1. The van der Waals surface area contributed by atoms with E-state index in [1.54, 1.807) is 0 Å². The van der Waals surface area contributed by atoms with Gasteiger partial charge in [0.2, 0.25) is 0 Å². The van der Waals surface area contributed by atoms with Gasteiger partial charge in [-0.2, -0.15) is 0 Å². The molecule has 196 valence electrons. The Morgan fingerprint density at radius 3 is 2.61 bits per heavy atom. The molecule has 1 saturated heterocycles. The number of ether oxygens (including phenoxy) is 2. The molecule has 4 rings (SSSR count). The molecule has 1 aliphatic heterocycles. The Balaban J connectivity index is 1.29. The first-order chi connectivity index (χ1) is 17.3. The SMILES string of the molecule is CCCN(Cc1ccc2c(c1)CC[C@H](NC(=O)c1ccc(OC[C@@H]3CCCO3)cc1)C2)CC(C)(C)C. The summed E-state index contributed by atoms with van der Waals surface area (Å²) in [6.07, 6.45) is 6.41. The van der Waals surface area contributed by atoms with Crippen LogP contribution in [0.4, 0.5) is 0 Å². The van der Waals surface area contributed by atoms with E-state index in [4.69, 9.17) is 9.47 Å². The van der Waals surface area contributed by atoms with Gasteiger partial charge in [0.05, 0.1) is 6.10 Å². The number of nitrogens with zero attached hydrogens (tertiary/aromatic N) is 1. The maximum Gasteiger partial charge on any atom is 0.251 e. The fraction of sp³-hybridized carbons (Fsp3) is 0.581. The number of amides is 1. The van der Waals surface area contributed by atoms with Crippen molar-refractivity contribution in [3.8, 4) is 5.75 Å². The largest absolute Gasteiger partial charge is 0.491 e. The maximum atomic E-state index is 12.9.